The highest BCUT2D eigenvalue weighted by Gasteiger charge is 2.01. The van der Waals surface area contributed by atoms with Crippen molar-refractivity contribution in [3.8, 4) is 11.8 Å². The molecule has 1 unspecified atom stereocenters. The van der Waals surface area contributed by atoms with Crippen molar-refractivity contribution >= 4 is 5.91 Å². The van der Waals surface area contributed by atoms with Crippen LogP contribution in [0.4, 0.5) is 0 Å². The average Bonchev–Trinajstić information content (AvgIpc) is 2.02. The predicted octanol–water partition coefficient (Wildman–Crippen LogP) is 0.144. The molecule has 0 bridgehead atoms. The quantitative estimate of drug-likeness (QED) is 0.588. The molecule has 3 heteroatoms. The van der Waals surface area contributed by atoms with E-state index in [9.17, 15) is 4.79 Å². The summed E-state index contributed by atoms with van der Waals surface area (Å²) in [7, 11) is 0. The SMILES string of the molecule is CC#CC(=O)NCC(C)CCO. The van der Waals surface area contributed by atoms with Crippen LogP contribution in [-0.2, 0) is 4.79 Å². The molecule has 0 aromatic carbocycles. The second-order valence-electron chi connectivity index (χ2n) is 2.70. The van der Waals surface area contributed by atoms with Gasteiger partial charge in [0.1, 0.15) is 0 Å². The van der Waals surface area contributed by atoms with E-state index < -0.39 is 0 Å². The van der Waals surface area contributed by atoms with Gasteiger partial charge in [0.2, 0.25) is 0 Å². The number of rotatable bonds is 4. The van der Waals surface area contributed by atoms with E-state index in [4.69, 9.17) is 5.11 Å². The van der Waals surface area contributed by atoms with Crippen molar-refractivity contribution in [3.05, 3.63) is 0 Å². The molecular formula is C9H15NO2. The van der Waals surface area contributed by atoms with Gasteiger partial charge in [-0.1, -0.05) is 12.8 Å². The summed E-state index contributed by atoms with van der Waals surface area (Å²) in [6.45, 7) is 4.33. The number of aliphatic hydroxyl groups excluding tert-OH is 1. The molecule has 0 rings (SSSR count). The lowest BCUT2D eigenvalue weighted by molar-refractivity contribution is -0.115. The largest absolute Gasteiger partial charge is 0.396 e. The molecule has 68 valence electrons. The lowest BCUT2D eigenvalue weighted by atomic mass is 10.1. The summed E-state index contributed by atoms with van der Waals surface area (Å²) in [5.74, 6) is 4.95. The third-order valence-electron chi connectivity index (χ3n) is 1.47. The Bertz CT molecular complexity index is 190. The van der Waals surface area contributed by atoms with Crippen molar-refractivity contribution in [3.63, 3.8) is 0 Å². The minimum atomic E-state index is -0.248. The highest BCUT2D eigenvalue weighted by molar-refractivity contribution is 5.93. The van der Waals surface area contributed by atoms with Crippen LogP contribution in [0.3, 0.4) is 0 Å². The number of carbonyl (C=O) groups excluding carboxylic acids is 1. The van der Waals surface area contributed by atoms with E-state index in [0.29, 0.717) is 18.9 Å². The van der Waals surface area contributed by atoms with Crippen molar-refractivity contribution in [2.24, 2.45) is 5.92 Å². The molecule has 0 saturated heterocycles. The minimum absolute atomic E-state index is 0.163. The molecule has 2 N–H and O–H groups in total. The molecule has 0 aromatic rings. The van der Waals surface area contributed by atoms with Gasteiger partial charge < -0.3 is 10.4 Å². The maximum Gasteiger partial charge on any atom is 0.295 e. The highest BCUT2D eigenvalue weighted by atomic mass is 16.3. The summed E-state index contributed by atoms with van der Waals surface area (Å²) in [6.07, 6.45) is 0.708. The summed E-state index contributed by atoms with van der Waals surface area (Å²) in [6, 6.07) is 0. The Morgan fingerprint density at radius 1 is 1.67 bits per heavy atom. The summed E-state index contributed by atoms with van der Waals surface area (Å²) in [5.41, 5.74) is 0. The Morgan fingerprint density at radius 2 is 2.33 bits per heavy atom. The predicted molar refractivity (Wildman–Crippen MR) is 47.3 cm³/mol. The summed E-state index contributed by atoms with van der Waals surface area (Å²) in [5, 5.41) is 11.2. The zero-order chi connectivity index (χ0) is 9.40. The van der Waals surface area contributed by atoms with Crippen molar-refractivity contribution < 1.29 is 9.90 Å². The van der Waals surface area contributed by atoms with Crippen molar-refractivity contribution in [1.82, 2.24) is 5.32 Å². The Morgan fingerprint density at radius 3 is 2.83 bits per heavy atom. The molecule has 1 amide bonds. The van der Waals surface area contributed by atoms with Crippen LogP contribution in [0.5, 0.6) is 0 Å². The first-order chi connectivity index (χ1) is 5.70. The van der Waals surface area contributed by atoms with Crippen molar-refractivity contribution in [1.29, 1.82) is 0 Å². The molecule has 1 atom stereocenters. The molecular weight excluding hydrogens is 154 g/mol. The van der Waals surface area contributed by atoms with Crippen LogP contribution in [0.2, 0.25) is 0 Å². The normalized spacial score (nSPS) is 11.2. The zero-order valence-corrected chi connectivity index (χ0v) is 7.55. The monoisotopic (exact) mass is 169 g/mol. The minimum Gasteiger partial charge on any atom is -0.396 e. The maximum atomic E-state index is 10.8. The van der Waals surface area contributed by atoms with Crippen LogP contribution < -0.4 is 5.32 Å². The Balaban J connectivity index is 3.51. The van der Waals surface area contributed by atoms with Crippen LogP contribution in [0.1, 0.15) is 20.3 Å². The van der Waals surface area contributed by atoms with E-state index in [1.807, 2.05) is 6.92 Å². The topological polar surface area (TPSA) is 49.3 Å². The van der Waals surface area contributed by atoms with E-state index in [-0.39, 0.29) is 12.5 Å². The molecule has 0 aromatic heterocycles. The molecule has 0 radical (unpaired) electrons. The molecule has 0 aliphatic carbocycles. The van der Waals surface area contributed by atoms with Gasteiger partial charge in [0.25, 0.3) is 5.91 Å². The first-order valence-electron chi connectivity index (χ1n) is 4.02. The number of amides is 1. The molecule has 0 fully saturated rings. The number of hydrogen-bond acceptors (Lipinski definition) is 2. The fraction of sp³-hybridized carbons (Fsp3) is 0.667. The van der Waals surface area contributed by atoms with Crippen LogP contribution in [0.25, 0.3) is 0 Å². The van der Waals surface area contributed by atoms with Gasteiger partial charge in [-0.15, -0.1) is 0 Å². The van der Waals surface area contributed by atoms with Gasteiger partial charge in [0, 0.05) is 13.2 Å². The molecule has 0 saturated carbocycles. The number of hydrogen-bond donors (Lipinski definition) is 2. The lowest BCUT2D eigenvalue weighted by Gasteiger charge is -2.08. The molecule has 3 nitrogen and oxygen atoms in total. The van der Waals surface area contributed by atoms with E-state index in [2.05, 4.69) is 17.2 Å². The first kappa shape index (κ1) is 11.0. The van der Waals surface area contributed by atoms with Gasteiger partial charge in [-0.3, -0.25) is 4.79 Å². The van der Waals surface area contributed by atoms with E-state index in [1.54, 1.807) is 6.92 Å². The van der Waals surface area contributed by atoms with E-state index in [1.165, 1.54) is 0 Å². The summed E-state index contributed by atoms with van der Waals surface area (Å²) < 4.78 is 0. The van der Waals surface area contributed by atoms with Crippen LogP contribution >= 0.6 is 0 Å². The standard InChI is InChI=1S/C9H15NO2/c1-3-4-9(12)10-7-8(2)5-6-11/h8,11H,5-7H2,1-2H3,(H,10,12). The zero-order valence-electron chi connectivity index (χ0n) is 7.55. The van der Waals surface area contributed by atoms with Gasteiger partial charge in [0.05, 0.1) is 0 Å². The fourth-order valence-electron chi connectivity index (χ4n) is 0.747. The second kappa shape index (κ2) is 6.68. The van der Waals surface area contributed by atoms with Gasteiger partial charge >= 0.3 is 0 Å². The molecule has 12 heavy (non-hydrogen) atoms. The molecule has 0 heterocycles. The Hall–Kier alpha value is -1.01. The van der Waals surface area contributed by atoms with E-state index >= 15 is 0 Å². The molecule has 0 spiro atoms. The second-order valence-corrected chi connectivity index (χ2v) is 2.70. The third-order valence-corrected chi connectivity index (χ3v) is 1.47. The van der Waals surface area contributed by atoms with Gasteiger partial charge in [0.15, 0.2) is 0 Å². The average molecular weight is 169 g/mol. The maximum absolute atomic E-state index is 10.8. The Labute approximate surface area is 73.2 Å². The van der Waals surface area contributed by atoms with Gasteiger partial charge in [-0.2, -0.15) is 0 Å². The third kappa shape index (κ3) is 5.75. The van der Waals surface area contributed by atoms with Crippen LogP contribution in [0.15, 0.2) is 0 Å². The van der Waals surface area contributed by atoms with Crippen molar-refractivity contribution in [2.75, 3.05) is 13.2 Å². The van der Waals surface area contributed by atoms with Crippen molar-refractivity contribution in [2.45, 2.75) is 20.3 Å². The summed E-state index contributed by atoms with van der Waals surface area (Å²) >= 11 is 0. The first-order valence-corrected chi connectivity index (χ1v) is 4.02. The van der Waals surface area contributed by atoms with Crippen LogP contribution in [0, 0.1) is 17.8 Å². The van der Waals surface area contributed by atoms with Crippen LogP contribution in [-0.4, -0.2) is 24.2 Å². The fourth-order valence-corrected chi connectivity index (χ4v) is 0.747. The lowest BCUT2D eigenvalue weighted by Crippen LogP contribution is -2.27. The van der Waals surface area contributed by atoms with E-state index in [0.717, 1.165) is 0 Å². The molecule has 0 aliphatic heterocycles. The summed E-state index contributed by atoms with van der Waals surface area (Å²) in [4.78, 5) is 10.8. The number of aliphatic hydroxyl groups is 1. The smallest absolute Gasteiger partial charge is 0.295 e. The number of carbonyl (C=O) groups is 1. The highest BCUT2D eigenvalue weighted by Crippen LogP contribution is 1.97. The van der Waals surface area contributed by atoms with Gasteiger partial charge in [-0.25, -0.2) is 0 Å². The van der Waals surface area contributed by atoms with Gasteiger partial charge in [-0.05, 0) is 25.2 Å². The number of nitrogens with one attached hydrogen (secondary N) is 1. The Kier molecular flexibility index (Phi) is 6.12. The molecule has 0 aliphatic rings.